The zero-order chi connectivity index (χ0) is 16.8. The zero-order valence-corrected chi connectivity index (χ0v) is 15.8. The molecule has 3 rings (SSSR count). The first-order chi connectivity index (χ1) is 10.7. The number of ether oxygens (including phenoxy) is 1. The Morgan fingerprint density at radius 3 is 2.35 bits per heavy atom. The van der Waals surface area contributed by atoms with Crippen LogP contribution >= 0.6 is 15.9 Å². The van der Waals surface area contributed by atoms with Gasteiger partial charge in [0.25, 0.3) is 0 Å². The minimum Gasteiger partial charge on any atom is -0.444 e. The predicted molar refractivity (Wildman–Crippen MR) is 91.5 cm³/mol. The van der Waals surface area contributed by atoms with Crippen LogP contribution in [0.4, 0.5) is 4.79 Å². The number of piperidine rings is 1. The molecule has 2 bridgehead atoms. The van der Waals surface area contributed by atoms with Crippen molar-refractivity contribution in [2.45, 2.75) is 75.4 Å². The molecule has 0 aromatic rings. The van der Waals surface area contributed by atoms with E-state index < -0.39 is 5.60 Å². The van der Waals surface area contributed by atoms with E-state index in [1.54, 1.807) is 0 Å². The number of fused-ring (bicyclic) bond motifs is 2. The maximum atomic E-state index is 12.5. The first-order valence-corrected chi connectivity index (χ1v) is 9.57. The van der Waals surface area contributed by atoms with E-state index in [-0.39, 0.29) is 24.1 Å². The van der Waals surface area contributed by atoms with Crippen LogP contribution < -0.4 is 0 Å². The minimum atomic E-state index is -0.444. The molecule has 0 saturated carbocycles. The molecule has 0 aromatic carbocycles. The van der Waals surface area contributed by atoms with Gasteiger partial charge in [-0.15, -0.1) is 0 Å². The Morgan fingerprint density at radius 2 is 1.87 bits per heavy atom. The van der Waals surface area contributed by atoms with Gasteiger partial charge in [-0.05, 0) is 52.4 Å². The molecule has 0 aromatic heterocycles. The summed E-state index contributed by atoms with van der Waals surface area (Å²) in [5, 5.41) is 0. The van der Waals surface area contributed by atoms with E-state index in [0.717, 1.165) is 38.8 Å². The number of hydrogen-bond donors (Lipinski definition) is 0. The highest BCUT2D eigenvalue weighted by Crippen LogP contribution is 2.40. The molecule has 2 unspecified atom stereocenters. The molecule has 0 spiro atoms. The molecular formula is C17H27BrN2O3. The fraction of sp³-hybridized carbons (Fsp3) is 0.882. The van der Waals surface area contributed by atoms with Crippen LogP contribution in [0.2, 0.25) is 0 Å². The number of carbonyl (C=O) groups excluding carboxylic acids is 2. The Balaban J connectivity index is 1.59. The Kier molecular flexibility index (Phi) is 4.64. The fourth-order valence-electron chi connectivity index (χ4n) is 4.26. The SMILES string of the molecule is CC(C)(C)OC(=O)N1[C@@H]2CC[C@H]1CC(CN1CC(Br)CC1=O)C2. The predicted octanol–water partition coefficient (Wildman–Crippen LogP) is 3.16. The summed E-state index contributed by atoms with van der Waals surface area (Å²) in [6, 6.07) is 0.567. The zero-order valence-electron chi connectivity index (χ0n) is 14.3. The average molecular weight is 387 g/mol. The minimum absolute atomic E-state index is 0.166. The number of alkyl halides is 1. The standard InChI is InChI=1S/C17H27BrN2O3/c1-17(2,3)23-16(22)20-13-4-5-14(20)7-11(6-13)9-19-10-12(18)8-15(19)21/h11-14H,4-10H2,1-3H3/t11?,12?,13-,14+. The number of rotatable bonds is 2. The van der Waals surface area contributed by atoms with Crippen molar-refractivity contribution in [3.63, 3.8) is 0 Å². The highest BCUT2D eigenvalue weighted by molar-refractivity contribution is 9.09. The van der Waals surface area contributed by atoms with Gasteiger partial charge in [0.15, 0.2) is 0 Å². The van der Waals surface area contributed by atoms with Crippen molar-refractivity contribution in [2.24, 2.45) is 5.92 Å². The van der Waals surface area contributed by atoms with E-state index in [1.807, 2.05) is 30.6 Å². The molecule has 0 aliphatic carbocycles. The lowest BCUT2D eigenvalue weighted by Crippen LogP contribution is -2.50. The van der Waals surface area contributed by atoms with Gasteiger partial charge in [0.05, 0.1) is 0 Å². The lowest BCUT2D eigenvalue weighted by atomic mass is 9.90. The summed E-state index contributed by atoms with van der Waals surface area (Å²) in [5.74, 6) is 0.765. The summed E-state index contributed by atoms with van der Waals surface area (Å²) in [4.78, 5) is 28.7. The van der Waals surface area contributed by atoms with Crippen LogP contribution in [-0.2, 0) is 9.53 Å². The molecule has 3 saturated heterocycles. The number of likely N-dealkylation sites (tertiary alicyclic amines) is 1. The van der Waals surface area contributed by atoms with Crippen molar-refractivity contribution in [3.05, 3.63) is 0 Å². The number of hydrogen-bond acceptors (Lipinski definition) is 3. The quantitative estimate of drug-likeness (QED) is 0.684. The van der Waals surface area contributed by atoms with Gasteiger partial charge in [-0.2, -0.15) is 0 Å². The van der Waals surface area contributed by atoms with Gasteiger partial charge in [0.1, 0.15) is 5.60 Å². The van der Waals surface area contributed by atoms with Crippen molar-refractivity contribution in [1.29, 1.82) is 0 Å². The van der Waals surface area contributed by atoms with E-state index in [2.05, 4.69) is 15.9 Å². The van der Waals surface area contributed by atoms with Crippen molar-refractivity contribution < 1.29 is 14.3 Å². The van der Waals surface area contributed by atoms with Crippen molar-refractivity contribution in [1.82, 2.24) is 9.80 Å². The van der Waals surface area contributed by atoms with E-state index in [0.29, 0.717) is 17.2 Å². The van der Waals surface area contributed by atoms with Gasteiger partial charge in [-0.3, -0.25) is 4.79 Å². The largest absolute Gasteiger partial charge is 0.444 e. The van der Waals surface area contributed by atoms with Crippen LogP contribution in [-0.4, -0.2) is 57.4 Å². The maximum Gasteiger partial charge on any atom is 0.410 e. The van der Waals surface area contributed by atoms with Crippen LogP contribution in [0.25, 0.3) is 0 Å². The fourth-order valence-corrected chi connectivity index (χ4v) is 4.89. The number of halogens is 1. The highest BCUT2D eigenvalue weighted by Gasteiger charge is 2.45. The van der Waals surface area contributed by atoms with E-state index in [1.165, 1.54) is 0 Å². The lowest BCUT2D eigenvalue weighted by molar-refractivity contribution is -0.128. The second-order valence-corrected chi connectivity index (χ2v) is 9.51. The number of carbonyl (C=O) groups is 2. The molecule has 5 nitrogen and oxygen atoms in total. The highest BCUT2D eigenvalue weighted by atomic mass is 79.9. The Hall–Kier alpha value is -0.780. The Labute approximate surface area is 146 Å². The molecule has 130 valence electrons. The second-order valence-electron chi connectivity index (χ2n) is 8.21. The Bertz CT molecular complexity index is 477. The van der Waals surface area contributed by atoms with Crippen molar-refractivity contribution in [2.75, 3.05) is 13.1 Å². The van der Waals surface area contributed by atoms with Crippen LogP contribution in [0.15, 0.2) is 0 Å². The van der Waals surface area contributed by atoms with Crippen LogP contribution in [0.1, 0.15) is 52.9 Å². The molecule has 3 aliphatic rings. The van der Waals surface area contributed by atoms with Gasteiger partial charge >= 0.3 is 6.09 Å². The first-order valence-electron chi connectivity index (χ1n) is 8.66. The van der Waals surface area contributed by atoms with Gasteiger partial charge in [-0.25, -0.2) is 4.79 Å². The van der Waals surface area contributed by atoms with Gasteiger partial charge < -0.3 is 14.5 Å². The molecule has 3 fully saturated rings. The summed E-state index contributed by atoms with van der Waals surface area (Å²) < 4.78 is 5.57. The smallest absolute Gasteiger partial charge is 0.410 e. The third-order valence-corrected chi connectivity index (χ3v) is 5.69. The lowest BCUT2D eigenvalue weighted by Gasteiger charge is -2.40. The third kappa shape index (κ3) is 3.83. The van der Waals surface area contributed by atoms with Crippen LogP contribution in [0.5, 0.6) is 0 Å². The first kappa shape index (κ1) is 17.1. The van der Waals surface area contributed by atoms with Crippen LogP contribution in [0, 0.1) is 5.92 Å². The van der Waals surface area contributed by atoms with E-state index in [9.17, 15) is 9.59 Å². The van der Waals surface area contributed by atoms with Crippen LogP contribution in [0.3, 0.4) is 0 Å². The molecule has 0 N–H and O–H groups in total. The second kappa shape index (κ2) is 6.26. The van der Waals surface area contributed by atoms with Gasteiger partial charge in [0, 0.05) is 36.4 Å². The monoisotopic (exact) mass is 386 g/mol. The third-order valence-electron chi connectivity index (χ3n) is 5.08. The normalized spacial score (nSPS) is 34.2. The molecule has 0 radical (unpaired) electrons. The van der Waals surface area contributed by atoms with E-state index >= 15 is 0 Å². The molecule has 23 heavy (non-hydrogen) atoms. The molecule has 4 atom stereocenters. The molecule has 3 aliphatic heterocycles. The van der Waals surface area contributed by atoms with Crippen molar-refractivity contribution >= 4 is 27.9 Å². The topological polar surface area (TPSA) is 49.9 Å². The molecule has 2 amide bonds. The summed E-state index contributed by atoms with van der Waals surface area (Å²) in [5.41, 5.74) is -0.444. The van der Waals surface area contributed by atoms with Crippen molar-refractivity contribution in [3.8, 4) is 0 Å². The van der Waals surface area contributed by atoms with Gasteiger partial charge in [-0.1, -0.05) is 15.9 Å². The summed E-state index contributed by atoms with van der Waals surface area (Å²) >= 11 is 3.54. The average Bonchev–Trinajstić information content (AvgIpc) is 2.85. The summed E-state index contributed by atoms with van der Waals surface area (Å²) in [6.07, 6.45) is 4.56. The molecule has 6 heteroatoms. The number of amides is 2. The molecular weight excluding hydrogens is 360 g/mol. The Morgan fingerprint density at radius 1 is 1.26 bits per heavy atom. The number of nitrogens with zero attached hydrogens (tertiary/aromatic N) is 2. The molecule has 3 heterocycles. The van der Waals surface area contributed by atoms with E-state index in [4.69, 9.17) is 4.74 Å². The van der Waals surface area contributed by atoms with Gasteiger partial charge in [0.2, 0.25) is 5.91 Å². The summed E-state index contributed by atoms with van der Waals surface area (Å²) in [7, 11) is 0. The summed E-state index contributed by atoms with van der Waals surface area (Å²) in [6.45, 7) is 7.40. The maximum absolute atomic E-state index is 12.5.